The Morgan fingerprint density at radius 3 is 1.27 bits per heavy atom. The van der Waals surface area contributed by atoms with Crippen molar-refractivity contribution in [1.82, 2.24) is 9.44 Å². The normalized spacial score (nSPS) is 14.1. The highest BCUT2D eigenvalue weighted by Gasteiger charge is 2.22. The van der Waals surface area contributed by atoms with Crippen LogP contribution < -0.4 is 9.44 Å². The van der Waals surface area contributed by atoms with E-state index < -0.39 is 20.0 Å². The van der Waals surface area contributed by atoms with Gasteiger partial charge in [-0.2, -0.15) is 0 Å². The van der Waals surface area contributed by atoms with Crippen molar-refractivity contribution in [2.24, 2.45) is 11.8 Å². The van der Waals surface area contributed by atoms with Crippen LogP contribution in [0.1, 0.15) is 11.1 Å². The third kappa shape index (κ3) is 6.37. The second-order valence-electron chi connectivity index (χ2n) is 7.13. The number of benzene rings is 2. The monoisotopic (exact) mass is 448 g/mol. The summed E-state index contributed by atoms with van der Waals surface area (Å²) in [5, 5.41) is 0. The molecule has 0 heterocycles. The molecular weight excluding hydrogens is 420 g/mol. The van der Waals surface area contributed by atoms with E-state index in [0.717, 1.165) is 11.1 Å². The Morgan fingerprint density at radius 2 is 1.00 bits per heavy atom. The van der Waals surface area contributed by atoms with Crippen LogP contribution in [0.2, 0.25) is 0 Å². The molecule has 0 radical (unpaired) electrons. The number of hydrogen-bond donors (Lipinski definition) is 2. The lowest BCUT2D eigenvalue weighted by Gasteiger charge is -2.22. The SMILES string of the molecule is C=C[C@@H](CNS(=O)(=O)c1ccc(C)cc1)[C@@H](C=C)CNS(=O)(=O)c1ccc(C)cc1. The minimum atomic E-state index is -3.69. The quantitative estimate of drug-likeness (QED) is 0.517. The van der Waals surface area contributed by atoms with Crippen LogP contribution in [0.25, 0.3) is 0 Å². The maximum absolute atomic E-state index is 12.5. The summed E-state index contributed by atoms with van der Waals surface area (Å²) in [7, 11) is -7.37. The van der Waals surface area contributed by atoms with Gasteiger partial charge in [-0.3, -0.25) is 0 Å². The fraction of sp³-hybridized carbons (Fsp3) is 0.273. The highest BCUT2D eigenvalue weighted by molar-refractivity contribution is 7.89. The summed E-state index contributed by atoms with van der Waals surface area (Å²) in [6.07, 6.45) is 3.20. The molecule has 0 saturated heterocycles. The largest absolute Gasteiger partial charge is 0.240 e. The van der Waals surface area contributed by atoms with E-state index in [0.29, 0.717) is 0 Å². The summed E-state index contributed by atoms with van der Waals surface area (Å²) in [5.74, 6) is -0.688. The topological polar surface area (TPSA) is 92.3 Å². The predicted molar refractivity (Wildman–Crippen MR) is 120 cm³/mol. The molecule has 0 fully saturated rings. The summed E-state index contributed by atoms with van der Waals surface area (Å²) in [6, 6.07) is 13.1. The van der Waals surface area contributed by atoms with Crippen LogP contribution >= 0.6 is 0 Å². The van der Waals surface area contributed by atoms with Crippen molar-refractivity contribution < 1.29 is 16.8 Å². The number of nitrogens with one attached hydrogen (secondary N) is 2. The minimum Gasteiger partial charge on any atom is -0.211 e. The summed E-state index contributed by atoms with van der Waals surface area (Å²) in [4.78, 5) is 0.345. The Kier molecular flexibility index (Phi) is 8.14. The van der Waals surface area contributed by atoms with Gasteiger partial charge in [-0.05, 0) is 49.9 Å². The second kappa shape index (κ2) is 10.2. The Labute approximate surface area is 179 Å². The number of sulfonamides is 2. The number of hydrogen-bond acceptors (Lipinski definition) is 4. The molecule has 0 unspecified atom stereocenters. The van der Waals surface area contributed by atoms with Gasteiger partial charge in [0.25, 0.3) is 0 Å². The zero-order valence-electron chi connectivity index (χ0n) is 17.2. The van der Waals surface area contributed by atoms with Crippen molar-refractivity contribution in [2.75, 3.05) is 13.1 Å². The van der Waals surface area contributed by atoms with E-state index >= 15 is 0 Å². The molecule has 0 aromatic heterocycles. The van der Waals surface area contributed by atoms with Gasteiger partial charge in [0.05, 0.1) is 9.79 Å². The van der Waals surface area contributed by atoms with E-state index in [-0.39, 0.29) is 34.7 Å². The first kappa shape index (κ1) is 24.0. The smallest absolute Gasteiger partial charge is 0.211 e. The van der Waals surface area contributed by atoms with Crippen molar-refractivity contribution in [3.63, 3.8) is 0 Å². The zero-order chi connectivity index (χ0) is 22.4. The van der Waals surface area contributed by atoms with E-state index in [1.54, 1.807) is 60.7 Å². The molecule has 0 amide bonds. The summed E-state index contributed by atoms with van der Waals surface area (Å²) in [5.41, 5.74) is 1.93. The molecule has 0 aliphatic carbocycles. The van der Waals surface area contributed by atoms with Crippen molar-refractivity contribution >= 4 is 20.0 Å². The maximum atomic E-state index is 12.5. The molecule has 2 aromatic carbocycles. The minimum absolute atomic E-state index is 0.0721. The van der Waals surface area contributed by atoms with E-state index in [1.165, 1.54) is 0 Å². The molecule has 2 N–H and O–H groups in total. The van der Waals surface area contributed by atoms with Gasteiger partial charge in [-0.1, -0.05) is 47.5 Å². The fourth-order valence-corrected chi connectivity index (χ4v) is 4.98. The van der Waals surface area contributed by atoms with Gasteiger partial charge in [0, 0.05) is 13.1 Å². The molecule has 0 bridgehead atoms. The van der Waals surface area contributed by atoms with Gasteiger partial charge in [0.1, 0.15) is 0 Å². The van der Waals surface area contributed by atoms with Crippen LogP contribution in [0.4, 0.5) is 0 Å². The van der Waals surface area contributed by atoms with Crippen LogP contribution in [0.15, 0.2) is 83.6 Å². The molecule has 2 rings (SSSR count). The average Bonchev–Trinajstić information content (AvgIpc) is 2.71. The lowest BCUT2D eigenvalue weighted by Crippen LogP contribution is -2.36. The van der Waals surface area contributed by atoms with Crippen LogP contribution in [0, 0.1) is 25.7 Å². The third-order valence-corrected chi connectivity index (χ3v) is 7.72. The van der Waals surface area contributed by atoms with Crippen molar-refractivity contribution in [1.29, 1.82) is 0 Å². The van der Waals surface area contributed by atoms with Crippen LogP contribution in [-0.4, -0.2) is 29.9 Å². The molecule has 0 aliphatic rings. The molecule has 30 heavy (non-hydrogen) atoms. The van der Waals surface area contributed by atoms with Gasteiger partial charge >= 0.3 is 0 Å². The molecule has 0 aliphatic heterocycles. The molecule has 2 aromatic rings. The van der Waals surface area contributed by atoms with Gasteiger partial charge in [0.2, 0.25) is 20.0 Å². The van der Waals surface area contributed by atoms with Crippen LogP contribution in [-0.2, 0) is 20.0 Å². The van der Waals surface area contributed by atoms with Gasteiger partial charge in [-0.15, -0.1) is 13.2 Å². The molecule has 0 saturated carbocycles. The lowest BCUT2D eigenvalue weighted by atomic mass is 9.93. The van der Waals surface area contributed by atoms with E-state index in [4.69, 9.17) is 0 Å². The van der Waals surface area contributed by atoms with Crippen LogP contribution in [0.5, 0.6) is 0 Å². The Hall–Kier alpha value is -2.26. The summed E-state index contributed by atoms with van der Waals surface area (Å²) in [6.45, 7) is 11.4. The highest BCUT2D eigenvalue weighted by atomic mass is 32.2. The van der Waals surface area contributed by atoms with E-state index in [1.807, 2.05) is 13.8 Å². The van der Waals surface area contributed by atoms with Gasteiger partial charge < -0.3 is 0 Å². The first-order valence-electron chi connectivity index (χ1n) is 9.47. The van der Waals surface area contributed by atoms with Gasteiger partial charge in [0.15, 0.2) is 0 Å². The van der Waals surface area contributed by atoms with Crippen molar-refractivity contribution in [3.05, 3.63) is 85.0 Å². The standard InChI is InChI=1S/C22H28N2O4S2/c1-5-19(15-23-29(25,26)21-11-7-17(3)8-12-21)20(6-2)16-24-30(27,28)22-13-9-18(4)10-14-22/h5-14,19-20,23-24H,1-2,15-16H2,3-4H3/t19-,20-/m0/s1. The zero-order valence-corrected chi connectivity index (χ0v) is 18.8. The number of rotatable bonds is 11. The first-order chi connectivity index (χ1) is 14.1. The van der Waals surface area contributed by atoms with E-state index in [9.17, 15) is 16.8 Å². The predicted octanol–water partition coefficient (Wildman–Crippen LogP) is 3.16. The molecule has 6 nitrogen and oxygen atoms in total. The molecule has 162 valence electrons. The average molecular weight is 449 g/mol. The van der Waals surface area contributed by atoms with Gasteiger partial charge in [-0.25, -0.2) is 26.3 Å². The Bertz CT molecular complexity index is 985. The first-order valence-corrected chi connectivity index (χ1v) is 12.4. The highest BCUT2D eigenvalue weighted by Crippen LogP contribution is 2.17. The summed E-state index contributed by atoms with van der Waals surface area (Å²) < 4.78 is 55.2. The fourth-order valence-electron chi connectivity index (χ4n) is 2.83. The van der Waals surface area contributed by atoms with Crippen LogP contribution in [0.3, 0.4) is 0 Å². The van der Waals surface area contributed by atoms with E-state index in [2.05, 4.69) is 22.6 Å². The third-order valence-electron chi connectivity index (χ3n) is 4.84. The van der Waals surface area contributed by atoms with Crippen molar-refractivity contribution in [2.45, 2.75) is 23.6 Å². The Morgan fingerprint density at radius 1 is 0.700 bits per heavy atom. The number of aryl methyl sites for hydroxylation is 2. The Balaban J connectivity index is 2.04. The molecule has 0 spiro atoms. The molecular formula is C22H28N2O4S2. The maximum Gasteiger partial charge on any atom is 0.240 e. The molecule has 8 heteroatoms. The molecule has 2 atom stereocenters. The summed E-state index contributed by atoms with van der Waals surface area (Å²) >= 11 is 0. The second-order valence-corrected chi connectivity index (χ2v) is 10.7. The van der Waals surface area contributed by atoms with Crippen molar-refractivity contribution in [3.8, 4) is 0 Å². The lowest BCUT2D eigenvalue weighted by molar-refractivity contribution is 0.457.